The fraction of sp³-hybridized carbons (Fsp3) is 0.289. The minimum Gasteiger partial charge on any atom is -0.507 e. The van der Waals surface area contributed by atoms with Crippen molar-refractivity contribution in [1.29, 1.82) is 0 Å². The van der Waals surface area contributed by atoms with E-state index in [4.69, 9.17) is 28.8 Å². The molecule has 113 heavy (non-hydrogen) atoms. The molecule has 23 nitrogen and oxygen atoms in total. The number of ether oxygens (including phenoxy) is 5. The molecular formula is C90H104O23. The van der Waals surface area contributed by atoms with Gasteiger partial charge in [-0.1, -0.05) is 182 Å². The largest absolute Gasteiger partial charge is 0.507 e. The van der Waals surface area contributed by atoms with Gasteiger partial charge in [-0.3, -0.25) is 33.6 Å². The Bertz CT molecular complexity index is 4440. The minimum atomic E-state index is -0.893. The first-order valence-corrected chi connectivity index (χ1v) is 37.0. The molecule has 1 atom stereocenters. The zero-order valence-corrected chi connectivity index (χ0v) is 65.0. The van der Waals surface area contributed by atoms with Crippen molar-refractivity contribution in [3.05, 3.63) is 275 Å². The Morgan fingerprint density at radius 3 is 1.23 bits per heavy atom. The van der Waals surface area contributed by atoms with E-state index >= 15 is 0 Å². The molecule has 7 N–H and O–H groups in total. The summed E-state index contributed by atoms with van der Waals surface area (Å²) in [5.41, 5.74) is 1.70. The summed E-state index contributed by atoms with van der Waals surface area (Å²) in [6, 6.07) is 53.8. The molecule has 23 heteroatoms. The first-order chi connectivity index (χ1) is 54.3. The maximum atomic E-state index is 12.0. The fourth-order valence-electron chi connectivity index (χ4n) is 8.93. The van der Waals surface area contributed by atoms with E-state index in [1.54, 1.807) is 140 Å². The Hall–Kier alpha value is -12.9. The van der Waals surface area contributed by atoms with Crippen LogP contribution in [0.1, 0.15) is 195 Å². The van der Waals surface area contributed by atoms with E-state index in [0.29, 0.717) is 56.0 Å². The van der Waals surface area contributed by atoms with Crippen LogP contribution in [0.15, 0.2) is 234 Å². The first-order valence-electron chi connectivity index (χ1n) is 37.0. The SMILES string of the molecule is C=CCC(=O)OCCCC.CC(=O)c1ccccc1O.CCCCOC(=O)/C=C\c1ccccc1O.CCCCOC(=O)C(C)C(=O)c1ccccc1O.CCCCOC(=O)CCC(=O)c1ccccc1O.CCCCOC(=O)c1ccccc1O.O=C(c1ccccc1O)c1ccccc1O.O=c1occc2ccccc12. The third kappa shape index (κ3) is 38.8. The monoisotopic (exact) mass is 1550 g/mol. The van der Waals surface area contributed by atoms with Gasteiger partial charge in [-0.15, -0.1) is 6.58 Å². The van der Waals surface area contributed by atoms with Gasteiger partial charge in [0, 0.05) is 18.1 Å². The number of hydrogen-bond donors (Lipinski definition) is 7. The number of esters is 5. The number of aromatic hydroxyl groups is 7. The number of carbonyl (C=O) groups is 9. The van der Waals surface area contributed by atoms with Gasteiger partial charge < -0.3 is 63.8 Å². The summed E-state index contributed by atoms with van der Waals surface area (Å²) in [5, 5.41) is 67.5. The topological polar surface area (TPSA) is 372 Å². The molecule has 0 saturated carbocycles. The summed E-state index contributed by atoms with van der Waals surface area (Å²) in [4.78, 5) is 114. The summed E-state index contributed by atoms with van der Waals surface area (Å²) >= 11 is 0. The first kappa shape index (κ1) is 96.2. The predicted molar refractivity (Wildman–Crippen MR) is 432 cm³/mol. The number of benzene rings is 8. The van der Waals surface area contributed by atoms with Crippen LogP contribution in [0.2, 0.25) is 0 Å². The molecule has 0 saturated heterocycles. The van der Waals surface area contributed by atoms with Gasteiger partial charge in [0.2, 0.25) is 0 Å². The molecule has 0 aliphatic rings. The Kier molecular flexibility index (Phi) is 48.7. The van der Waals surface area contributed by atoms with E-state index in [2.05, 4.69) is 17.9 Å². The van der Waals surface area contributed by atoms with Crippen LogP contribution in [0, 0.1) is 5.92 Å². The maximum absolute atomic E-state index is 12.0. The highest BCUT2D eigenvalue weighted by atomic mass is 16.5. The second kappa shape index (κ2) is 57.2. The molecule has 0 amide bonds. The molecular weight excluding hydrogens is 1450 g/mol. The molecule has 9 aromatic rings. The van der Waals surface area contributed by atoms with Crippen molar-refractivity contribution in [2.24, 2.45) is 5.92 Å². The van der Waals surface area contributed by atoms with E-state index in [1.165, 1.54) is 80.8 Å². The summed E-state index contributed by atoms with van der Waals surface area (Å²) in [6.45, 7) is 18.6. The highest BCUT2D eigenvalue weighted by Gasteiger charge is 2.26. The number of phenols is 7. The number of hydrogen-bond acceptors (Lipinski definition) is 23. The molecule has 0 spiro atoms. The van der Waals surface area contributed by atoms with E-state index in [0.717, 1.165) is 69.6 Å². The molecule has 1 aromatic heterocycles. The summed E-state index contributed by atoms with van der Waals surface area (Å²) < 4.78 is 29.3. The molecule has 1 heterocycles. The summed E-state index contributed by atoms with van der Waals surface area (Å²) in [6.07, 6.45) is 15.5. The van der Waals surface area contributed by atoms with Crippen LogP contribution in [0.5, 0.6) is 40.2 Å². The quantitative estimate of drug-likeness (QED) is 0.00418. The molecule has 0 fully saturated rings. The predicted octanol–water partition coefficient (Wildman–Crippen LogP) is 18.0. The summed E-state index contributed by atoms with van der Waals surface area (Å²) in [7, 11) is 0. The van der Waals surface area contributed by atoms with Crippen LogP contribution in [0.3, 0.4) is 0 Å². The smallest absolute Gasteiger partial charge is 0.343 e. The van der Waals surface area contributed by atoms with Gasteiger partial charge in [-0.05, 0) is 148 Å². The molecule has 602 valence electrons. The third-order valence-corrected chi connectivity index (χ3v) is 15.4. The molecule has 0 bridgehead atoms. The average molecular weight is 1550 g/mol. The van der Waals surface area contributed by atoms with Gasteiger partial charge >= 0.3 is 35.5 Å². The molecule has 0 aliphatic carbocycles. The van der Waals surface area contributed by atoms with Gasteiger partial charge in [-0.2, -0.15) is 0 Å². The molecule has 8 aromatic carbocycles. The second-order valence-electron chi connectivity index (χ2n) is 24.4. The number of rotatable bonds is 30. The average Bonchev–Trinajstić information content (AvgIpc) is 0.844. The highest BCUT2D eigenvalue weighted by Crippen LogP contribution is 2.26. The van der Waals surface area contributed by atoms with Crippen molar-refractivity contribution in [2.45, 2.75) is 132 Å². The molecule has 9 rings (SSSR count). The van der Waals surface area contributed by atoms with Crippen molar-refractivity contribution >= 4 is 69.8 Å². The Balaban J connectivity index is 0.000000442. The van der Waals surface area contributed by atoms with Crippen LogP contribution in [-0.4, -0.2) is 122 Å². The van der Waals surface area contributed by atoms with Gasteiger partial charge in [0.15, 0.2) is 23.1 Å². The fourth-order valence-corrected chi connectivity index (χ4v) is 8.93. The van der Waals surface area contributed by atoms with Crippen LogP contribution in [-0.2, 0) is 42.9 Å². The zero-order valence-electron chi connectivity index (χ0n) is 65.0. The number of Topliss-reactive ketones (excluding diaryl/α,β-unsaturated/α-hetero) is 3. The number of phenolic OH excluding ortho intramolecular Hbond substituents is 7. The van der Waals surface area contributed by atoms with Crippen LogP contribution in [0.25, 0.3) is 16.8 Å². The van der Waals surface area contributed by atoms with Crippen molar-refractivity contribution in [3.63, 3.8) is 0 Å². The van der Waals surface area contributed by atoms with E-state index in [9.17, 15) is 78.6 Å². The summed E-state index contributed by atoms with van der Waals surface area (Å²) in [5.74, 6) is -4.17. The highest BCUT2D eigenvalue weighted by molar-refractivity contribution is 6.12. The zero-order chi connectivity index (χ0) is 83.7. The molecule has 1 unspecified atom stereocenters. The molecule has 0 aliphatic heterocycles. The van der Waals surface area contributed by atoms with Crippen molar-refractivity contribution in [3.8, 4) is 40.2 Å². The number of para-hydroxylation sites is 7. The van der Waals surface area contributed by atoms with Crippen LogP contribution in [0.4, 0.5) is 0 Å². The Labute approximate surface area is 659 Å². The lowest BCUT2D eigenvalue weighted by molar-refractivity contribution is -0.146. The van der Waals surface area contributed by atoms with E-state index < -0.39 is 29.4 Å². The van der Waals surface area contributed by atoms with Crippen LogP contribution >= 0.6 is 0 Å². The minimum absolute atomic E-state index is 0.0333. The van der Waals surface area contributed by atoms with Gasteiger partial charge in [0.05, 0.1) is 85.3 Å². The van der Waals surface area contributed by atoms with Gasteiger partial charge in [0.25, 0.3) is 0 Å². The third-order valence-electron chi connectivity index (χ3n) is 15.4. The van der Waals surface area contributed by atoms with Gasteiger partial charge in [-0.25, -0.2) is 14.4 Å². The Morgan fingerprint density at radius 2 is 0.796 bits per heavy atom. The number of ketones is 4. The maximum Gasteiger partial charge on any atom is 0.343 e. The lowest BCUT2D eigenvalue weighted by Gasteiger charge is -2.11. The number of unbranched alkanes of at least 4 members (excludes halogenated alkanes) is 5. The van der Waals surface area contributed by atoms with E-state index in [-0.39, 0.29) is 116 Å². The lowest BCUT2D eigenvalue weighted by Crippen LogP contribution is -2.24. The lowest BCUT2D eigenvalue weighted by atomic mass is 9.99. The number of carbonyl (C=O) groups excluding carboxylic acids is 9. The Morgan fingerprint density at radius 1 is 0.416 bits per heavy atom. The van der Waals surface area contributed by atoms with Crippen molar-refractivity contribution in [1.82, 2.24) is 0 Å². The normalized spacial score (nSPS) is 10.2. The second-order valence-corrected chi connectivity index (χ2v) is 24.4. The van der Waals surface area contributed by atoms with Gasteiger partial charge in [0.1, 0.15) is 51.7 Å². The van der Waals surface area contributed by atoms with Crippen molar-refractivity contribution in [2.75, 3.05) is 33.0 Å². The van der Waals surface area contributed by atoms with Crippen molar-refractivity contribution < 1.29 is 107 Å². The number of fused-ring (bicyclic) bond motifs is 1. The standard InChI is InChI=1S/2C14H18O4.C13H10O3.C13H16O3.C11H14O3.C9H6O2.C8H8O2.C8H14O2/c1-3-4-9-18-14(17)10(2)13(16)11-7-5-6-8-12(11)15;1-2-3-10-18-14(17)9-8-13(16)11-6-4-5-7-12(11)15;14-11-7-3-1-5-9(11)13(16)10-6-2-4-8-12(10)15;1-2-3-10-16-13(15)9-8-11-6-4-5-7-12(11)14;1-2-3-8-14-11(13)9-6-4-5-7-10(9)12;10-9-8-4-2-1-3-7(8)5-6-11-9;1-6(9)7-4-2-3-5-8(7)10;1-3-5-7-10-8(9)6-4-2/h5-8,10,15H,3-4,9H2,1-2H3;4-7,15H,2-3,8-10H2,1H3;1-8,14-15H;4-9,14H,2-3,10H2,1H3;4-7,12H,2-3,8H2,1H3;1-6H;2-5,10H,1H3;4H,2-3,5-7H2,1H3/b;;;9-8-;;;;. The molecule has 0 radical (unpaired) electrons. The van der Waals surface area contributed by atoms with Crippen LogP contribution < -0.4 is 5.63 Å². The van der Waals surface area contributed by atoms with E-state index in [1.807, 2.05) is 45.9 Å².